The monoisotopic (exact) mass is 463 g/mol. The van der Waals surface area contributed by atoms with Crippen LogP contribution in [0.3, 0.4) is 0 Å². The quantitative estimate of drug-likeness (QED) is 0.497. The van der Waals surface area contributed by atoms with Gasteiger partial charge in [0.15, 0.2) is 17.3 Å². The topological polar surface area (TPSA) is 77.7 Å². The summed E-state index contributed by atoms with van der Waals surface area (Å²) in [7, 11) is 3.28. The molecule has 0 saturated heterocycles. The van der Waals surface area contributed by atoms with E-state index in [1.54, 1.807) is 14.2 Å². The molecule has 1 aliphatic heterocycles. The Labute approximate surface area is 201 Å². The SMILES string of the molecule is COc1cc2c(cc1OC)C(c1ccccc1)N(C(=O)CCCc1nc(C(C)(C)C)no1)CC2. The van der Waals surface area contributed by atoms with Gasteiger partial charge in [-0.15, -0.1) is 0 Å². The largest absolute Gasteiger partial charge is 0.493 e. The van der Waals surface area contributed by atoms with Crippen LogP contribution in [0.4, 0.5) is 0 Å². The van der Waals surface area contributed by atoms with E-state index in [1.807, 2.05) is 56.0 Å². The number of nitrogens with zero attached hydrogens (tertiary/aromatic N) is 3. The van der Waals surface area contributed by atoms with Crippen LogP contribution in [-0.4, -0.2) is 41.7 Å². The molecule has 2 aromatic carbocycles. The first-order chi connectivity index (χ1) is 16.3. The average molecular weight is 464 g/mol. The van der Waals surface area contributed by atoms with E-state index < -0.39 is 0 Å². The minimum Gasteiger partial charge on any atom is -0.493 e. The molecule has 1 aromatic heterocycles. The lowest BCUT2D eigenvalue weighted by Gasteiger charge is -2.38. The van der Waals surface area contributed by atoms with Crippen molar-refractivity contribution in [2.75, 3.05) is 20.8 Å². The fourth-order valence-electron chi connectivity index (χ4n) is 4.40. The van der Waals surface area contributed by atoms with Crippen LogP contribution in [0.25, 0.3) is 0 Å². The van der Waals surface area contributed by atoms with Gasteiger partial charge in [-0.25, -0.2) is 0 Å². The number of fused-ring (bicyclic) bond motifs is 1. The summed E-state index contributed by atoms with van der Waals surface area (Å²) in [5, 5.41) is 4.08. The van der Waals surface area contributed by atoms with Gasteiger partial charge in [0.1, 0.15) is 0 Å². The molecule has 3 aromatic rings. The van der Waals surface area contributed by atoms with Crippen molar-refractivity contribution in [2.45, 2.75) is 57.9 Å². The molecule has 1 atom stereocenters. The molecule has 0 radical (unpaired) electrons. The minimum absolute atomic E-state index is 0.116. The number of ether oxygens (including phenoxy) is 2. The van der Waals surface area contributed by atoms with E-state index in [0.717, 1.165) is 17.5 Å². The summed E-state index contributed by atoms with van der Waals surface area (Å²) in [6, 6.07) is 14.0. The summed E-state index contributed by atoms with van der Waals surface area (Å²) < 4.78 is 16.5. The van der Waals surface area contributed by atoms with Gasteiger partial charge in [0.05, 0.1) is 20.3 Å². The highest BCUT2D eigenvalue weighted by Crippen LogP contribution is 2.41. The fourth-order valence-corrected chi connectivity index (χ4v) is 4.40. The van der Waals surface area contributed by atoms with E-state index in [-0.39, 0.29) is 17.4 Å². The maximum atomic E-state index is 13.4. The van der Waals surface area contributed by atoms with Crippen LogP contribution in [0.1, 0.15) is 68.1 Å². The third-order valence-electron chi connectivity index (χ3n) is 6.23. The van der Waals surface area contributed by atoms with Gasteiger partial charge < -0.3 is 18.9 Å². The summed E-state index contributed by atoms with van der Waals surface area (Å²) in [5.74, 6) is 2.77. The molecule has 7 heteroatoms. The second-order valence-corrected chi connectivity index (χ2v) is 9.67. The number of aromatic nitrogens is 2. The van der Waals surface area contributed by atoms with E-state index in [1.165, 1.54) is 5.56 Å². The number of rotatable bonds is 7. The number of amides is 1. The van der Waals surface area contributed by atoms with Crippen molar-refractivity contribution in [3.05, 3.63) is 70.9 Å². The third kappa shape index (κ3) is 4.93. The number of aryl methyl sites for hydroxylation is 1. The molecule has 0 spiro atoms. The van der Waals surface area contributed by atoms with Gasteiger partial charge in [-0.1, -0.05) is 56.3 Å². The Balaban J connectivity index is 1.54. The van der Waals surface area contributed by atoms with Crippen molar-refractivity contribution in [1.82, 2.24) is 15.0 Å². The first-order valence-electron chi connectivity index (χ1n) is 11.7. The van der Waals surface area contributed by atoms with E-state index in [2.05, 4.69) is 22.3 Å². The Morgan fingerprint density at radius 1 is 1.12 bits per heavy atom. The van der Waals surface area contributed by atoms with E-state index in [9.17, 15) is 4.79 Å². The zero-order valence-electron chi connectivity index (χ0n) is 20.6. The second-order valence-electron chi connectivity index (χ2n) is 9.67. The summed E-state index contributed by atoms with van der Waals surface area (Å²) in [4.78, 5) is 19.9. The second kappa shape index (κ2) is 9.87. The molecule has 0 fully saturated rings. The van der Waals surface area contributed by atoms with Gasteiger partial charge in [-0.05, 0) is 41.7 Å². The molecule has 2 heterocycles. The lowest BCUT2D eigenvalue weighted by Crippen LogP contribution is -2.40. The Morgan fingerprint density at radius 2 is 1.82 bits per heavy atom. The number of benzene rings is 2. The van der Waals surface area contributed by atoms with Gasteiger partial charge >= 0.3 is 0 Å². The zero-order chi connectivity index (χ0) is 24.3. The molecular formula is C27H33N3O4. The Morgan fingerprint density at radius 3 is 2.47 bits per heavy atom. The highest BCUT2D eigenvalue weighted by molar-refractivity contribution is 5.78. The van der Waals surface area contributed by atoms with Gasteiger partial charge in [-0.3, -0.25) is 4.79 Å². The number of carbonyl (C=O) groups is 1. The molecule has 0 aliphatic carbocycles. The first-order valence-corrected chi connectivity index (χ1v) is 11.7. The number of hydrogen-bond acceptors (Lipinski definition) is 6. The molecule has 0 N–H and O–H groups in total. The van der Waals surface area contributed by atoms with Gasteiger partial charge in [0.2, 0.25) is 11.8 Å². The Bertz CT molecular complexity index is 1130. The normalized spacial score (nSPS) is 15.7. The van der Waals surface area contributed by atoms with Gasteiger partial charge in [0.25, 0.3) is 0 Å². The van der Waals surface area contributed by atoms with Crippen molar-refractivity contribution < 1.29 is 18.8 Å². The molecule has 34 heavy (non-hydrogen) atoms. The van der Waals surface area contributed by atoms with Crippen LogP contribution < -0.4 is 9.47 Å². The maximum Gasteiger partial charge on any atom is 0.226 e. The number of methoxy groups -OCH3 is 2. The lowest BCUT2D eigenvalue weighted by molar-refractivity contribution is -0.133. The standard InChI is InChI=1S/C27H33N3O4/c1-27(2,3)26-28-23(34-29-26)12-9-13-24(31)30-15-14-19-16-21(32-4)22(33-5)17-20(19)25(30)18-10-7-6-8-11-18/h6-8,10-11,16-17,25H,9,12-15H2,1-5H3. The summed E-state index contributed by atoms with van der Waals surface area (Å²) in [6.45, 7) is 6.80. The predicted octanol–water partition coefficient (Wildman–Crippen LogP) is 4.88. The summed E-state index contributed by atoms with van der Waals surface area (Å²) >= 11 is 0. The van der Waals surface area contributed by atoms with Crippen LogP contribution in [0, 0.1) is 0 Å². The summed E-state index contributed by atoms with van der Waals surface area (Å²) in [6.07, 6.45) is 2.42. The molecule has 1 amide bonds. The molecule has 1 aliphatic rings. The summed E-state index contributed by atoms with van der Waals surface area (Å²) in [5.41, 5.74) is 3.17. The average Bonchev–Trinajstić information content (AvgIpc) is 3.32. The number of hydrogen-bond donors (Lipinski definition) is 0. The smallest absolute Gasteiger partial charge is 0.226 e. The van der Waals surface area contributed by atoms with Crippen molar-refractivity contribution in [2.24, 2.45) is 0 Å². The molecule has 0 saturated carbocycles. The molecule has 7 nitrogen and oxygen atoms in total. The van der Waals surface area contributed by atoms with Crippen molar-refractivity contribution in [3.8, 4) is 11.5 Å². The molecule has 180 valence electrons. The van der Waals surface area contributed by atoms with Crippen LogP contribution >= 0.6 is 0 Å². The van der Waals surface area contributed by atoms with E-state index in [4.69, 9.17) is 14.0 Å². The Kier molecular flexibility index (Phi) is 6.91. The van der Waals surface area contributed by atoms with Crippen LogP contribution in [-0.2, 0) is 23.1 Å². The molecule has 1 unspecified atom stereocenters. The van der Waals surface area contributed by atoms with Crippen molar-refractivity contribution in [3.63, 3.8) is 0 Å². The number of carbonyl (C=O) groups excluding carboxylic acids is 1. The van der Waals surface area contributed by atoms with Crippen molar-refractivity contribution >= 4 is 5.91 Å². The maximum absolute atomic E-state index is 13.4. The third-order valence-corrected chi connectivity index (χ3v) is 6.23. The minimum atomic E-state index is -0.173. The molecule has 4 rings (SSSR count). The van der Waals surface area contributed by atoms with Gasteiger partial charge in [0, 0.05) is 24.8 Å². The van der Waals surface area contributed by atoms with E-state index in [0.29, 0.717) is 49.0 Å². The zero-order valence-corrected chi connectivity index (χ0v) is 20.6. The Hall–Kier alpha value is -3.35. The highest BCUT2D eigenvalue weighted by atomic mass is 16.5. The van der Waals surface area contributed by atoms with Gasteiger partial charge in [-0.2, -0.15) is 4.98 Å². The van der Waals surface area contributed by atoms with Crippen LogP contribution in [0.5, 0.6) is 11.5 Å². The lowest BCUT2D eigenvalue weighted by atomic mass is 9.87. The van der Waals surface area contributed by atoms with Crippen LogP contribution in [0.2, 0.25) is 0 Å². The fraction of sp³-hybridized carbons (Fsp3) is 0.444. The van der Waals surface area contributed by atoms with Crippen LogP contribution in [0.15, 0.2) is 47.0 Å². The van der Waals surface area contributed by atoms with Crippen molar-refractivity contribution in [1.29, 1.82) is 0 Å². The molecular weight excluding hydrogens is 430 g/mol. The first kappa shape index (κ1) is 23.8. The predicted molar refractivity (Wildman–Crippen MR) is 129 cm³/mol. The molecule has 0 bridgehead atoms. The van der Waals surface area contributed by atoms with E-state index >= 15 is 0 Å². The highest BCUT2D eigenvalue weighted by Gasteiger charge is 2.33.